The van der Waals surface area contributed by atoms with Crippen molar-refractivity contribution in [1.82, 2.24) is 4.98 Å². The third-order valence-corrected chi connectivity index (χ3v) is 6.55. The molecule has 1 aromatic heterocycles. The zero-order chi connectivity index (χ0) is 22.4. The quantitative estimate of drug-likeness (QED) is 0.427. The minimum Gasteiger partial charge on any atom is -0.495 e. The van der Waals surface area contributed by atoms with Crippen molar-refractivity contribution in [3.63, 3.8) is 0 Å². The minimum atomic E-state index is -3.73. The van der Waals surface area contributed by atoms with E-state index in [4.69, 9.17) is 10.5 Å². The lowest BCUT2D eigenvalue weighted by Crippen LogP contribution is -2.22. The third kappa shape index (κ3) is 5.40. The topological polar surface area (TPSA) is 107 Å². The number of anilines is 1. The van der Waals surface area contributed by atoms with Gasteiger partial charge in [-0.05, 0) is 53.4 Å². The van der Waals surface area contributed by atoms with Crippen LogP contribution in [0.4, 0.5) is 5.69 Å². The molecule has 0 unspecified atom stereocenters. The average molecular weight is 439 g/mol. The number of ether oxygens (including phenoxy) is 1. The van der Waals surface area contributed by atoms with Crippen LogP contribution >= 0.6 is 0 Å². The van der Waals surface area contributed by atoms with Crippen molar-refractivity contribution in [1.29, 1.82) is 0 Å². The molecule has 3 N–H and O–H groups in total. The van der Waals surface area contributed by atoms with Crippen molar-refractivity contribution < 1.29 is 13.2 Å². The Hall–Kier alpha value is -3.39. The number of benzene rings is 2. The Labute approximate surface area is 182 Å². The number of sulfone groups is 1. The summed E-state index contributed by atoms with van der Waals surface area (Å²) in [7, 11) is -2.26. The van der Waals surface area contributed by atoms with Crippen molar-refractivity contribution in [3.05, 3.63) is 78.1 Å². The van der Waals surface area contributed by atoms with Crippen molar-refractivity contribution in [2.45, 2.75) is 36.1 Å². The van der Waals surface area contributed by atoms with Gasteiger partial charge >= 0.3 is 0 Å². The molecular formula is C23H26N4O3S. The van der Waals surface area contributed by atoms with Gasteiger partial charge in [0.05, 0.1) is 18.6 Å². The summed E-state index contributed by atoms with van der Waals surface area (Å²) < 4.78 is 31.8. The number of rotatable bonds is 7. The fourth-order valence-corrected chi connectivity index (χ4v) is 4.42. The van der Waals surface area contributed by atoms with E-state index in [2.05, 4.69) is 15.3 Å². The molecule has 7 nitrogen and oxygen atoms in total. The summed E-state index contributed by atoms with van der Waals surface area (Å²) >= 11 is 0. The molecule has 0 aliphatic rings. The van der Waals surface area contributed by atoms with Gasteiger partial charge < -0.3 is 15.8 Å². The molecule has 2 aromatic carbocycles. The summed E-state index contributed by atoms with van der Waals surface area (Å²) in [6.07, 6.45) is 3.31. The molecule has 31 heavy (non-hydrogen) atoms. The van der Waals surface area contributed by atoms with E-state index < -0.39 is 9.84 Å². The van der Waals surface area contributed by atoms with Crippen LogP contribution in [0.5, 0.6) is 5.75 Å². The first-order chi connectivity index (χ1) is 14.8. The molecule has 0 fully saturated rings. The Balaban J connectivity index is 1.79. The molecule has 8 heteroatoms. The highest BCUT2D eigenvalue weighted by atomic mass is 32.2. The molecule has 3 rings (SSSR count). The van der Waals surface area contributed by atoms with Gasteiger partial charge in [-0.1, -0.05) is 32.0 Å². The summed E-state index contributed by atoms with van der Waals surface area (Å²) in [6.45, 7) is 4.35. The van der Waals surface area contributed by atoms with Gasteiger partial charge in [-0.3, -0.25) is 4.98 Å². The molecule has 0 spiro atoms. The molecular weight excluding hydrogens is 412 g/mol. The van der Waals surface area contributed by atoms with Gasteiger partial charge in [0, 0.05) is 18.1 Å². The molecule has 3 aromatic rings. The van der Waals surface area contributed by atoms with Crippen molar-refractivity contribution in [2.75, 3.05) is 12.4 Å². The van der Waals surface area contributed by atoms with Gasteiger partial charge in [0.25, 0.3) is 0 Å². The van der Waals surface area contributed by atoms with Gasteiger partial charge in [-0.25, -0.2) is 13.4 Å². The second-order valence-electron chi connectivity index (χ2n) is 7.27. The molecule has 0 aliphatic heterocycles. The van der Waals surface area contributed by atoms with Crippen molar-refractivity contribution in [3.8, 4) is 5.75 Å². The highest BCUT2D eigenvalue weighted by Crippen LogP contribution is 2.32. The lowest BCUT2D eigenvalue weighted by atomic mass is 10.0. The maximum Gasteiger partial charge on any atom is 0.210 e. The summed E-state index contributed by atoms with van der Waals surface area (Å²) in [6, 6.07) is 15.4. The molecule has 0 amide bonds. The van der Waals surface area contributed by atoms with E-state index in [1.54, 1.807) is 60.9 Å². The highest BCUT2D eigenvalue weighted by molar-refractivity contribution is 7.91. The lowest BCUT2D eigenvalue weighted by molar-refractivity contribution is 0.402. The summed E-state index contributed by atoms with van der Waals surface area (Å²) in [5, 5.41) is 2.97. The Morgan fingerprint density at radius 1 is 1.10 bits per heavy atom. The van der Waals surface area contributed by atoms with Crippen LogP contribution in [0.3, 0.4) is 0 Å². The van der Waals surface area contributed by atoms with Gasteiger partial charge in [0.1, 0.15) is 10.6 Å². The molecule has 0 aliphatic carbocycles. The normalized spacial score (nSPS) is 12.1. The van der Waals surface area contributed by atoms with Crippen LogP contribution in [0, 0.1) is 0 Å². The van der Waals surface area contributed by atoms with Crippen LogP contribution in [0.2, 0.25) is 0 Å². The zero-order valence-corrected chi connectivity index (χ0v) is 18.6. The van der Waals surface area contributed by atoms with Gasteiger partial charge in [0.2, 0.25) is 9.84 Å². The zero-order valence-electron chi connectivity index (χ0n) is 17.7. The Kier molecular flexibility index (Phi) is 6.91. The number of aromatic nitrogens is 1. The van der Waals surface area contributed by atoms with E-state index >= 15 is 0 Å². The lowest BCUT2D eigenvalue weighted by Gasteiger charge is -2.13. The number of guanidine groups is 1. The number of pyridine rings is 1. The van der Waals surface area contributed by atoms with Crippen LogP contribution in [-0.4, -0.2) is 26.5 Å². The molecule has 0 radical (unpaired) electrons. The van der Waals surface area contributed by atoms with Crippen LogP contribution < -0.4 is 15.8 Å². The average Bonchev–Trinajstić information content (AvgIpc) is 2.78. The minimum absolute atomic E-state index is 0.165. The second kappa shape index (κ2) is 9.61. The Bertz CT molecular complexity index is 1160. The molecule has 0 bridgehead atoms. The number of aliphatic imine (C=N–C) groups is 1. The Morgan fingerprint density at radius 3 is 2.39 bits per heavy atom. The molecule has 0 atom stereocenters. The van der Waals surface area contributed by atoms with Gasteiger partial charge in [-0.2, -0.15) is 0 Å². The molecule has 0 saturated carbocycles. The van der Waals surface area contributed by atoms with Crippen LogP contribution in [0.1, 0.15) is 30.9 Å². The first kappa shape index (κ1) is 22.3. The number of nitrogens with zero attached hydrogens (tertiary/aromatic N) is 2. The van der Waals surface area contributed by atoms with E-state index in [0.29, 0.717) is 12.3 Å². The predicted molar refractivity (Wildman–Crippen MR) is 122 cm³/mol. The van der Waals surface area contributed by atoms with Crippen LogP contribution in [0.15, 0.2) is 81.8 Å². The molecule has 162 valence electrons. The van der Waals surface area contributed by atoms with E-state index in [1.807, 2.05) is 19.9 Å². The third-order valence-electron chi connectivity index (χ3n) is 4.76. The highest BCUT2D eigenvalue weighted by Gasteiger charge is 2.23. The molecule has 0 saturated heterocycles. The predicted octanol–water partition coefficient (Wildman–Crippen LogP) is 3.97. The van der Waals surface area contributed by atoms with Gasteiger partial charge in [0.15, 0.2) is 5.96 Å². The number of hydrogen-bond acceptors (Lipinski definition) is 5. The van der Waals surface area contributed by atoms with E-state index in [-0.39, 0.29) is 21.7 Å². The number of methoxy groups -OCH3 is 1. The standard InChI is InChI=1S/C23H26N4O3S/c1-16(2)18-6-9-21(30-3)22(14-18)31(28,29)20-7-4-17(5-8-20)15-26-23(24)27-19-10-12-25-13-11-19/h4-14,16H,15H2,1-3H3,(H3,24,25,26,27). The van der Waals surface area contributed by atoms with E-state index in [0.717, 1.165) is 16.8 Å². The van der Waals surface area contributed by atoms with E-state index in [1.165, 1.54) is 7.11 Å². The van der Waals surface area contributed by atoms with Crippen molar-refractivity contribution >= 4 is 21.5 Å². The van der Waals surface area contributed by atoms with Gasteiger partial charge in [-0.15, -0.1) is 0 Å². The summed E-state index contributed by atoms with van der Waals surface area (Å²) in [5.41, 5.74) is 8.46. The summed E-state index contributed by atoms with van der Waals surface area (Å²) in [5.74, 6) is 0.789. The van der Waals surface area contributed by atoms with E-state index in [9.17, 15) is 8.42 Å². The Morgan fingerprint density at radius 2 is 1.77 bits per heavy atom. The monoisotopic (exact) mass is 438 g/mol. The number of nitrogens with two attached hydrogens (primary N) is 1. The maximum atomic E-state index is 13.2. The maximum absolute atomic E-state index is 13.2. The fourth-order valence-electron chi connectivity index (χ4n) is 2.96. The number of hydrogen-bond donors (Lipinski definition) is 2. The smallest absolute Gasteiger partial charge is 0.210 e. The molecule has 1 heterocycles. The first-order valence-corrected chi connectivity index (χ1v) is 11.3. The van der Waals surface area contributed by atoms with Crippen LogP contribution in [-0.2, 0) is 16.4 Å². The van der Waals surface area contributed by atoms with Crippen LogP contribution in [0.25, 0.3) is 0 Å². The first-order valence-electron chi connectivity index (χ1n) is 9.80. The second-order valence-corrected chi connectivity index (χ2v) is 9.19. The fraction of sp³-hybridized carbons (Fsp3) is 0.217. The largest absolute Gasteiger partial charge is 0.495 e. The number of nitrogens with one attached hydrogen (secondary N) is 1. The van der Waals surface area contributed by atoms with Crippen molar-refractivity contribution in [2.24, 2.45) is 10.7 Å². The SMILES string of the molecule is COc1ccc(C(C)C)cc1S(=O)(=O)c1ccc(CN=C(N)Nc2ccncc2)cc1. The summed E-state index contributed by atoms with van der Waals surface area (Å²) in [4.78, 5) is 8.60.